The Kier molecular flexibility index (Phi) is 4.81. The van der Waals surface area contributed by atoms with Crippen LogP contribution >= 0.6 is 0 Å². The van der Waals surface area contributed by atoms with Crippen molar-refractivity contribution in [3.63, 3.8) is 0 Å². The van der Waals surface area contributed by atoms with Gasteiger partial charge in [-0.15, -0.1) is 0 Å². The van der Waals surface area contributed by atoms with E-state index >= 15 is 0 Å². The van der Waals surface area contributed by atoms with Gasteiger partial charge in [0.15, 0.2) is 0 Å². The highest BCUT2D eigenvalue weighted by molar-refractivity contribution is 7.88. The number of hydrogen-bond acceptors (Lipinski definition) is 4. The highest BCUT2D eigenvalue weighted by atomic mass is 32.2. The smallest absolute Gasteiger partial charge is 0.208 e. The number of hydrogen-bond donors (Lipinski definition) is 1. The van der Waals surface area contributed by atoms with Crippen LogP contribution in [0.4, 0.5) is 5.69 Å². The van der Waals surface area contributed by atoms with Crippen molar-refractivity contribution >= 4 is 15.7 Å². The van der Waals surface area contributed by atoms with Gasteiger partial charge in [-0.1, -0.05) is 18.2 Å². The molecule has 0 radical (unpaired) electrons. The normalized spacial score (nSPS) is 11.4. The van der Waals surface area contributed by atoms with Gasteiger partial charge in [-0.05, 0) is 24.3 Å². The first kappa shape index (κ1) is 14.6. The molecule has 0 bridgehead atoms. The Morgan fingerprint density at radius 1 is 1.15 bits per heavy atom. The molecule has 0 fully saturated rings. The fraction of sp³-hybridized carbons (Fsp3) is 0.286. The first-order chi connectivity index (χ1) is 9.54. The molecule has 2 rings (SSSR count). The van der Waals surface area contributed by atoms with E-state index in [0.29, 0.717) is 19.6 Å². The van der Waals surface area contributed by atoms with Crippen molar-refractivity contribution in [3.8, 4) is 0 Å². The van der Waals surface area contributed by atoms with Crippen LogP contribution in [-0.4, -0.2) is 27.8 Å². The number of nitrogens with one attached hydrogen (secondary N) is 1. The van der Waals surface area contributed by atoms with Crippen LogP contribution in [0.15, 0.2) is 53.1 Å². The van der Waals surface area contributed by atoms with Crippen LogP contribution in [0.1, 0.15) is 5.76 Å². The Morgan fingerprint density at radius 3 is 2.50 bits per heavy atom. The molecule has 1 heterocycles. The number of rotatable bonds is 7. The molecular weight excluding hydrogens is 276 g/mol. The molecular formula is C14H18N2O3S. The molecule has 5 nitrogen and oxygen atoms in total. The standard InChI is InChI=1S/C14H18N2O3S/c1-20(17,18)15-9-10-16(12-14-8-5-11-19-14)13-6-3-2-4-7-13/h2-8,11,15H,9-10,12H2,1H3. The summed E-state index contributed by atoms with van der Waals surface area (Å²) >= 11 is 0. The van der Waals surface area contributed by atoms with Crippen LogP contribution < -0.4 is 9.62 Å². The second kappa shape index (κ2) is 6.58. The number of anilines is 1. The molecule has 0 aliphatic rings. The second-order valence-electron chi connectivity index (χ2n) is 4.50. The van der Waals surface area contributed by atoms with E-state index in [4.69, 9.17) is 4.42 Å². The van der Waals surface area contributed by atoms with E-state index in [1.165, 1.54) is 0 Å². The van der Waals surface area contributed by atoms with Gasteiger partial charge in [0.25, 0.3) is 0 Å². The van der Waals surface area contributed by atoms with Gasteiger partial charge in [-0.25, -0.2) is 13.1 Å². The predicted molar refractivity (Wildman–Crippen MR) is 79.0 cm³/mol. The van der Waals surface area contributed by atoms with Crippen LogP contribution in [0.5, 0.6) is 0 Å². The molecule has 0 spiro atoms. The Balaban J connectivity index is 2.04. The van der Waals surface area contributed by atoms with E-state index in [1.54, 1.807) is 6.26 Å². The van der Waals surface area contributed by atoms with Crippen molar-refractivity contribution in [1.82, 2.24) is 4.72 Å². The minimum Gasteiger partial charge on any atom is -0.467 e. The molecule has 0 unspecified atom stereocenters. The van der Waals surface area contributed by atoms with E-state index < -0.39 is 10.0 Å². The largest absolute Gasteiger partial charge is 0.467 e. The molecule has 0 amide bonds. The van der Waals surface area contributed by atoms with Crippen molar-refractivity contribution in [1.29, 1.82) is 0 Å². The SMILES string of the molecule is CS(=O)(=O)NCCN(Cc1ccco1)c1ccccc1. The number of sulfonamides is 1. The average Bonchev–Trinajstić information content (AvgIpc) is 2.90. The molecule has 0 atom stereocenters. The molecule has 0 saturated heterocycles. The van der Waals surface area contributed by atoms with E-state index in [2.05, 4.69) is 9.62 Å². The Labute approximate surface area is 119 Å². The maximum absolute atomic E-state index is 11.1. The maximum Gasteiger partial charge on any atom is 0.208 e. The van der Waals surface area contributed by atoms with E-state index in [1.807, 2.05) is 42.5 Å². The third-order valence-corrected chi connectivity index (χ3v) is 3.52. The van der Waals surface area contributed by atoms with E-state index in [-0.39, 0.29) is 0 Å². The zero-order chi connectivity index (χ0) is 14.4. The van der Waals surface area contributed by atoms with Crippen molar-refractivity contribution in [2.24, 2.45) is 0 Å². The highest BCUT2D eigenvalue weighted by Crippen LogP contribution is 2.16. The monoisotopic (exact) mass is 294 g/mol. The molecule has 0 aliphatic carbocycles. The lowest BCUT2D eigenvalue weighted by Crippen LogP contribution is -2.34. The Bertz CT molecular complexity index is 609. The van der Waals surface area contributed by atoms with Gasteiger partial charge in [-0.3, -0.25) is 0 Å². The molecule has 0 saturated carbocycles. The molecule has 108 valence electrons. The summed E-state index contributed by atoms with van der Waals surface area (Å²) in [5.41, 5.74) is 1.03. The summed E-state index contributed by atoms with van der Waals surface area (Å²) < 4.78 is 30.1. The molecule has 6 heteroatoms. The molecule has 1 N–H and O–H groups in total. The van der Waals surface area contributed by atoms with Gasteiger partial charge in [0.1, 0.15) is 5.76 Å². The van der Waals surface area contributed by atoms with Crippen molar-refractivity contribution in [3.05, 3.63) is 54.5 Å². The zero-order valence-electron chi connectivity index (χ0n) is 11.3. The van der Waals surface area contributed by atoms with Gasteiger partial charge < -0.3 is 9.32 Å². The fourth-order valence-corrected chi connectivity index (χ4v) is 2.36. The van der Waals surface area contributed by atoms with Gasteiger partial charge in [-0.2, -0.15) is 0 Å². The van der Waals surface area contributed by atoms with Crippen LogP contribution in [0, 0.1) is 0 Å². The van der Waals surface area contributed by atoms with Crippen molar-refractivity contribution in [2.75, 3.05) is 24.2 Å². The number of nitrogens with zero attached hydrogens (tertiary/aromatic N) is 1. The summed E-state index contributed by atoms with van der Waals surface area (Å²) in [5.74, 6) is 0.841. The summed E-state index contributed by atoms with van der Waals surface area (Å²) in [5, 5.41) is 0. The first-order valence-corrected chi connectivity index (χ1v) is 8.21. The molecule has 1 aromatic heterocycles. The average molecular weight is 294 g/mol. The summed E-state index contributed by atoms with van der Waals surface area (Å²) in [7, 11) is -3.16. The van der Waals surface area contributed by atoms with Crippen molar-refractivity contribution in [2.45, 2.75) is 6.54 Å². The van der Waals surface area contributed by atoms with Gasteiger partial charge in [0.2, 0.25) is 10.0 Å². The fourth-order valence-electron chi connectivity index (χ4n) is 1.89. The number of benzene rings is 1. The summed E-state index contributed by atoms with van der Waals surface area (Å²) in [6.45, 7) is 1.52. The van der Waals surface area contributed by atoms with Gasteiger partial charge in [0.05, 0.1) is 19.1 Å². The van der Waals surface area contributed by atoms with Crippen LogP contribution in [0.25, 0.3) is 0 Å². The minimum atomic E-state index is -3.16. The second-order valence-corrected chi connectivity index (χ2v) is 6.34. The highest BCUT2D eigenvalue weighted by Gasteiger charge is 2.09. The quantitative estimate of drug-likeness (QED) is 0.846. The lowest BCUT2D eigenvalue weighted by Gasteiger charge is -2.23. The molecule has 1 aromatic carbocycles. The molecule has 2 aromatic rings. The number of para-hydroxylation sites is 1. The lowest BCUT2D eigenvalue weighted by atomic mass is 10.2. The Hall–Kier alpha value is -1.79. The maximum atomic E-state index is 11.1. The van der Waals surface area contributed by atoms with Gasteiger partial charge in [0, 0.05) is 18.8 Å². The van der Waals surface area contributed by atoms with Crippen LogP contribution in [-0.2, 0) is 16.6 Å². The summed E-state index contributed by atoms with van der Waals surface area (Å²) in [4.78, 5) is 2.07. The van der Waals surface area contributed by atoms with E-state index in [9.17, 15) is 8.42 Å². The topological polar surface area (TPSA) is 62.6 Å². The third-order valence-electron chi connectivity index (χ3n) is 2.79. The van der Waals surface area contributed by atoms with Crippen LogP contribution in [0.2, 0.25) is 0 Å². The summed E-state index contributed by atoms with van der Waals surface area (Å²) in [6.07, 6.45) is 2.79. The van der Waals surface area contributed by atoms with Gasteiger partial charge >= 0.3 is 0 Å². The van der Waals surface area contributed by atoms with E-state index in [0.717, 1.165) is 17.7 Å². The summed E-state index contributed by atoms with van der Waals surface area (Å²) in [6, 6.07) is 13.6. The molecule has 0 aliphatic heterocycles. The predicted octanol–water partition coefficient (Wildman–Crippen LogP) is 1.84. The molecule has 20 heavy (non-hydrogen) atoms. The van der Waals surface area contributed by atoms with Crippen LogP contribution in [0.3, 0.4) is 0 Å². The first-order valence-electron chi connectivity index (χ1n) is 6.31. The number of furan rings is 1. The lowest BCUT2D eigenvalue weighted by molar-refractivity contribution is 0.501. The third kappa shape index (κ3) is 4.71. The minimum absolute atomic E-state index is 0.356. The van der Waals surface area contributed by atoms with Crippen molar-refractivity contribution < 1.29 is 12.8 Å². The zero-order valence-corrected chi connectivity index (χ0v) is 12.1. The Morgan fingerprint density at radius 2 is 1.90 bits per heavy atom.